The summed E-state index contributed by atoms with van der Waals surface area (Å²) in [7, 11) is -9.90. The maximum absolute atomic E-state index is 13.0. The van der Waals surface area contributed by atoms with Crippen molar-refractivity contribution in [1.82, 2.24) is 0 Å². The number of carbonyl (C=O) groups is 4. The van der Waals surface area contributed by atoms with Gasteiger partial charge in [0.05, 0.1) is 26.4 Å². The Labute approximate surface area is 549 Å². The molecule has 0 aliphatic rings. The van der Waals surface area contributed by atoms with E-state index in [0.717, 1.165) is 96.3 Å². The molecule has 90 heavy (non-hydrogen) atoms. The Kier molecular flexibility index (Phi) is 61.8. The number of aliphatic hydroxyl groups is 1. The number of esters is 4. The van der Waals surface area contributed by atoms with Crippen LogP contribution in [-0.2, 0) is 65.4 Å². The van der Waals surface area contributed by atoms with Crippen LogP contribution in [0.15, 0.2) is 0 Å². The lowest BCUT2D eigenvalue weighted by Crippen LogP contribution is -2.30. The van der Waals surface area contributed by atoms with Gasteiger partial charge in [0.1, 0.15) is 19.3 Å². The average molecular weight is 1330 g/mol. The van der Waals surface area contributed by atoms with Crippen molar-refractivity contribution in [2.45, 2.75) is 381 Å². The lowest BCUT2D eigenvalue weighted by molar-refractivity contribution is -0.161. The van der Waals surface area contributed by atoms with Gasteiger partial charge in [-0.25, -0.2) is 9.13 Å². The third-order valence-corrected chi connectivity index (χ3v) is 18.4. The van der Waals surface area contributed by atoms with Gasteiger partial charge in [0.15, 0.2) is 12.2 Å². The molecule has 5 atom stereocenters. The predicted molar refractivity (Wildman–Crippen MR) is 363 cm³/mol. The molecule has 534 valence electrons. The first-order valence-corrected chi connectivity index (χ1v) is 40.0. The van der Waals surface area contributed by atoms with Gasteiger partial charge in [-0.1, -0.05) is 311 Å². The van der Waals surface area contributed by atoms with Crippen LogP contribution in [-0.4, -0.2) is 96.7 Å². The number of hydrogen-bond acceptors (Lipinski definition) is 15. The minimum atomic E-state index is -4.95. The Morgan fingerprint density at radius 2 is 0.511 bits per heavy atom. The van der Waals surface area contributed by atoms with Crippen molar-refractivity contribution in [2.24, 2.45) is 11.8 Å². The summed E-state index contributed by atoms with van der Waals surface area (Å²) in [5.41, 5.74) is 0. The summed E-state index contributed by atoms with van der Waals surface area (Å²) in [6, 6.07) is 0. The first kappa shape index (κ1) is 88.1. The zero-order valence-electron chi connectivity index (χ0n) is 58.4. The molecule has 0 rings (SSSR count). The molecular formula is C71H138O17P2. The van der Waals surface area contributed by atoms with E-state index in [-0.39, 0.29) is 25.7 Å². The Hall–Kier alpha value is -1.94. The number of aliphatic hydroxyl groups excluding tert-OH is 1. The Balaban J connectivity index is 5.14. The molecule has 0 aromatic carbocycles. The van der Waals surface area contributed by atoms with E-state index < -0.39 is 97.5 Å². The number of phosphoric acid groups is 2. The summed E-state index contributed by atoms with van der Waals surface area (Å²) >= 11 is 0. The fourth-order valence-electron chi connectivity index (χ4n) is 10.8. The van der Waals surface area contributed by atoms with Gasteiger partial charge in [-0.15, -0.1) is 0 Å². The number of carbonyl (C=O) groups excluding carboxylic acids is 4. The van der Waals surface area contributed by atoms with E-state index in [9.17, 15) is 43.2 Å². The third kappa shape index (κ3) is 64.8. The van der Waals surface area contributed by atoms with Crippen LogP contribution < -0.4 is 0 Å². The predicted octanol–water partition coefficient (Wildman–Crippen LogP) is 20.4. The van der Waals surface area contributed by atoms with Crippen LogP contribution in [0.25, 0.3) is 0 Å². The topological polar surface area (TPSA) is 237 Å². The smallest absolute Gasteiger partial charge is 0.462 e. The Morgan fingerprint density at radius 3 is 0.756 bits per heavy atom. The molecule has 0 saturated carbocycles. The lowest BCUT2D eigenvalue weighted by Gasteiger charge is -2.21. The van der Waals surface area contributed by atoms with Crippen LogP contribution in [0.5, 0.6) is 0 Å². The highest BCUT2D eigenvalue weighted by Crippen LogP contribution is 2.45. The van der Waals surface area contributed by atoms with Crippen LogP contribution in [0.2, 0.25) is 0 Å². The zero-order valence-corrected chi connectivity index (χ0v) is 60.2. The van der Waals surface area contributed by atoms with Crippen molar-refractivity contribution in [1.29, 1.82) is 0 Å². The first-order valence-electron chi connectivity index (χ1n) is 37.0. The van der Waals surface area contributed by atoms with Gasteiger partial charge in [-0.2, -0.15) is 0 Å². The van der Waals surface area contributed by atoms with Gasteiger partial charge in [0, 0.05) is 25.7 Å². The van der Waals surface area contributed by atoms with Crippen molar-refractivity contribution in [3.8, 4) is 0 Å². The highest BCUT2D eigenvalue weighted by atomic mass is 31.2. The summed E-state index contributed by atoms with van der Waals surface area (Å²) in [4.78, 5) is 72.4. The van der Waals surface area contributed by atoms with E-state index in [1.54, 1.807) is 0 Å². The molecule has 0 heterocycles. The second-order valence-electron chi connectivity index (χ2n) is 26.6. The number of ether oxygens (including phenoxy) is 4. The molecule has 0 aliphatic heterocycles. The summed E-state index contributed by atoms with van der Waals surface area (Å²) in [5, 5.41) is 10.6. The Bertz CT molecular complexity index is 1750. The summed E-state index contributed by atoms with van der Waals surface area (Å²) in [5.74, 6) is -0.782. The second kappa shape index (κ2) is 63.1. The van der Waals surface area contributed by atoms with Crippen molar-refractivity contribution >= 4 is 39.5 Å². The van der Waals surface area contributed by atoms with Gasteiger partial charge in [0.2, 0.25) is 0 Å². The molecule has 0 amide bonds. The standard InChI is InChI=1S/C71H138O17P2/c1-7-9-11-13-15-17-19-20-21-22-23-24-25-26-27-28-30-32-34-43-49-55-70(75)87-66(59-81-68(73)53-47-41-33-31-29-18-16-14-12-10-8-2)61-85-89(77,78)83-57-65(72)58-84-90(79,80)86-62-67(88-71(76)56-50-44-38-36-40-46-52-64(5)6)60-82-69(74)54-48-42-37-35-39-45-51-63(3)4/h63-67,72H,7-62H2,1-6H3,(H,77,78)(H,79,80)/t65-,66-,67-/m1/s1. The van der Waals surface area contributed by atoms with Gasteiger partial charge in [0.25, 0.3) is 0 Å². The van der Waals surface area contributed by atoms with Crippen LogP contribution >= 0.6 is 15.6 Å². The van der Waals surface area contributed by atoms with Crippen LogP contribution in [0.4, 0.5) is 0 Å². The van der Waals surface area contributed by atoms with Crippen molar-refractivity contribution in [2.75, 3.05) is 39.6 Å². The molecule has 0 aromatic heterocycles. The summed E-state index contributed by atoms with van der Waals surface area (Å²) < 4.78 is 68.2. The van der Waals surface area contributed by atoms with E-state index in [4.69, 9.17) is 37.0 Å². The molecule has 0 radical (unpaired) electrons. The molecule has 0 fully saturated rings. The van der Waals surface area contributed by atoms with E-state index in [0.29, 0.717) is 37.5 Å². The molecule has 19 heteroatoms. The van der Waals surface area contributed by atoms with Crippen LogP contribution in [0, 0.1) is 11.8 Å². The van der Waals surface area contributed by atoms with Gasteiger partial charge in [-0.05, 0) is 37.5 Å². The molecule has 0 spiro atoms. The van der Waals surface area contributed by atoms with Crippen molar-refractivity contribution < 1.29 is 80.2 Å². The maximum Gasteiger partial charge on any atom is 0.472 e. The normalized spacial score (nSPS) is 14.1. The van der Waals surface area contributed by atoms with Gasteiger partial charge in [-0.3, -0.25) is 37.3 Å². The number of phosphoric ester groups is 2. The zero-order chi connectivity index (χ0) is 66.5. The SMILES string of the molecule is CCCCCCCCCCCCCCCCCCCCCCCC(=O)O[C@H](COC(=O)CCCCCCCCCCCCC)COP(=O)(O)OC[C@@H](O)COP(=O)(O)OC[C@@H](COC(=O)CCCCCCCCC(C)C)OC(=O)CCCCCCCCC(C)C. The molecule has 3 N–H and O–H groups in total. The fraction of sp³-hybridized carbons (Fsp3) is 0.944. The van der Waals surface area contributed by atoms with E-state index in [1.165, 1.54) is 173 Å². The van der Waals surface area contributed by atoms with E-state index >= 15 is 0 Å². The molecule has 0 bridgehead atoms. The van der Waals surface area contributed by atoms with Crippen molar-refractivity contribution in [3.05, 3.63) is 0 Å². The quantitative estimate of drug-likeness (QED) is 0.0222. The monoisotopic (exact) mass is 1320 g/mol. The molecule has 2 unspecified atom stereocenters. The summed E-state index contributed by atoms with van der Waals surface area (Å²) in [6.07, 6.45) is 49.1. The molecule has 0 aromatic rings. The lowest BCUT2D eigenvalue weighted by atomic mass is 10.0. The average Bonchev–Trinajstić information content (AvgIpc) is 2.55. The minimum absolute atomic E-state index is 0.101. The van der Waals surface area contributed by atoms with Gasteiger partial charge < -0.3 is 33.8 Å². The number of hydrogen-bond donors (Lipinski definition) is 3. The van der Waals surface area contributed by atoms with E-state index in [2.05, 4.69) is 41.5 Å². The number of unbranched alkanes of at least 4 members (excludes halogenated alkanes) is 40. The maximum atomic E-state index is 13.0. The molecule has 0 saturated heterocycles. The summed E-state index contributed by atoms with van der Waals surface area (Å²) in [6.45, 7) is 9.36. The fourth-order valence-corrected chi connectivity index (χ4v) is 12.3. The first-order chi connectivity index (χ1) is 43.4. The van der Waals surface area contributed by atoms with Crippen LogP contribution in [0.1, 0.15) is 363 Å². The number of rotatable bonds is 70. The largest absolute Gasteiger partial charge is 0.472 e. The Morgan fingerprint density at radius 1 is 0.300 bits per heavy atom. The van der Waals surface area contributed by atoms with Gasteiger partial charge >= 0.3 is 39.5 Å². The molecule has 17 nitrogen and oxygen atoms in total. The minimum Gasteiger partial charge on any atom is -0.462 e. The highest BCUT2D eigenvalue weighted by molar-refractivity contribution is 7.47. The molecule has 0 aliphatic carbocycles. The molecular weight excluding hydrogens is 1190 g/mol. The van der Waals surface area contributed by atoms with E-state index in [1.807, 2.05) is 0 Å². The second-order valence-corrected chi connectivity index (χ2v) is 29.5. The highest BCUT2D eigenvalue weighted by Gasteiger charge is 2.30. The third-order valence-electron chi connectivity index (χ3n) is 16.5. The van der Waals surface area contributed by atoms with Crippen LogP contribution in [0.3, 0.4) is 0 Å². The van der Waals surface area contributed by atoms with Crippen molar-refractivity contribution in [3.63, 3.8) is 0 Å².